The average molecular weight is 565 g/mol. The van der Waals surface area contributed by atoms with Crippen molar-refractivity contribution in [2.24, 2.45) is 18.7 Å². The van der Waals surface area contributed by atoms with Crippen molar-refractivity contribution < 1.29 is 33.3 Å². The maximum absolute atomic E-state index is 15.9. The summed E-state index contributed by atoms with van der Waals surface area (Å²) in [5.41, 5.74) is 5.90. The van der Waals surface area contributed by atoms with Gasteiger partial charge >= 0.3 is 5.97 Å². The van der Waals surface area contributed by atoms with Crippen LogP contribution < -0.4 is 20.1 Å². The number of phenolic OH excluding ortho intramolecular Hbond substituents is 1. The summed E-state index contributed by atoms with van der Waals surface area (Å²) in [4.78, 5) is 21.0. The van der Waals surface area contributed by atoms with E-state index in [-0.39, 0.29) is 48.8 Å². The van der Waals surface area contributed by atoms with Crippen molar-refractivity contribution in [3.63, 3.8) is 0 Å². The monoisotopic (exact) mass is 564 g/mol. The number of aliphatic carboxylic acids is 1. The number of carboxylic acids is 1. The number of hydrogen-bond donors (Lipinski definition) is 4. The highest BCUT2D eigenvalue weighted by Gasteiger charge is 2.32. The highest BCUT2D eigenvalue weighted by atomic mass is 19.1. The number of anilines is 1. The van der Waals surface area contributed by atoms with E-state index in [0.29, 0.717) is 11.4 Å². The van der Waals surface area contributed by atoms with E-state index in [2.05, 4.69) is 9.97 Å². The molecule has 11 nitrogen and oxygen atoms in total. The van der Waals surface area contributed by atoms with Gasteiger partial charge in [0, 0.05) is 43.7 Å². The van der Waals surface area contributed by atoms with E-state index in [1.165, 1.54) is 23.1 Å². The quantitative estimate of drug-likeness (QED) is 0.177. The molecule has 0 radical (unpaired) electrons. The summed E-state index contributed by atoms with van der Waals surface area (Å²) < 4.78 is 45.0. The molecule has 5 N–H and O–H groups in total. The Morgan fingerprint density at radius 1 is 1.10 bits per heavy atom. The lowest BCUT2D eigenvalue weighted by Gasteiger charge is -2.32. The Morgan fingerprint density at radius 3 is 2.44 bits per heavy atom. The number of carbonyl (C=O) groups is 1. The van der Waals surface area contributed by atoms with Gasteiger partial charge in [0.15, 0.2) is 11.5 Å². The minimum Gasteiger partial charge on any atom is -0.504 e. The van der Waals surface area contributed by atoms with Crippen molar-refractivity contribution in [3.05, 3.63) is 72.1 Å². The molecule has 1 aliphatic rings. The summed E-state index contributed by atoms with van der Waals surface area (Å²) in [7, 11) is 1.82. The molecule has 0 saturated carbocycles. The minimum absolute atomic E-state index is 0.0629. The number of aromatic nitrogens is 3. The van der Waals surface area contributed by atoms with E-state index in [1.807, 2.05) is 7.05 Å². The number of halogens is 2. The molecule has 0 amide bonds. The van der Waals surface area contributed by atoms with E-state index in [1.54, 1.807) is 41.2 Å². The fourth-order valence-corrected chi connectivity index (χ4v) is 4.57. The van der Waals surface area contributed by atoms with Crippen LogP contribution in [-0.2, 0) is 11.8 Å². The third kappa shape index (κ3) is 5.60. The molecule has 1 fully saturated rings. The molecule has 0 aliphatic carbocycles. The first-order valence-corrected chi connectivity index (χ1v) is 12.6. The lowest BCUT2D eigenvalue weighted by Crippen LogP contribution is -2.37. The summed E-state index contributed by atoms with van der Waals surface area (Å²) in [5.74, 6) is -5.34. The fourth-order valence-electron chi connectivity index (χ4n) is 4.57. The van der Waals surface area contributed by atoms with Crippen LogP contribution in [-0.4, -0.2) is 49.6 Å². The molecule has 1 aliphatic heterocycles. The van der Waals surface area contributed by atoms with Crippen LogP contribution in [0.4, 0.5) is 14.5 Å². The van der Waals surface area contributed by atoms with Crippen LogP contribution in [0, 0.1) is 23.0 Å². The van der Waals surface area contributed by atoms with Gasteiger partial charge in [0.2, 0.25) is 11.6 Å². The number of benzene rings is 2. The van der Waals surface area contributed by atoms with Gasteiger partial charge in [-0.2, -0.15) is 13.8 Å². The molecule has 0 spiro atoms. The number of aryl methyl sites for hydroxylation is 1. The van der Waals surface area contributed by atoms with Gasteiger partial charge in [-0.05, 0) is 43.2 Å². The van der Waals surface area contributed by atoms with Crippen molar-refractivity contribution in [3.8, 4) is 40.4 Å². The number of nitrogens with one attached hydrogen (secondary N) is 1. The van der Waals surface area contributed by atoms with Gasteiger partial charge in [-0.25, -0.2) is 4.98 Å². The Morgan fingerprint density at radius 2 is 1.80 bits per heavy atom. The summed E-state index contributed by atoms with van der Waals surface area (Å²) in [6.07, 6.45) is 3.75. The van der Waals surface area contributed by atoms with Crippen molar-refractivity contribution in [1.82, 2.24) is 14.5 Å². The molecular weight excluding hydrogens is 538 g/mol. The lowest BCUT2D eigenvalue weighted by molar-refractivity contribution is -0.142. The molecule has 3 heterocycles. The van der Waals surface area contributed by atoms with E-state index in [9.17, 15) is 15.0 Å². The highest BCUT2D eigenvalue weighted by Crippen LogP contribution is 2.41. The van der Waals surface area contributed by atoms with Crippen molar-refractivity contribution in [2.45, 2.75) is 12.8 Å². The number of rotatable bonds is 8. The van der Waals surface area contributed by atoms with Crippen LogP contribution >= 0.6 is 0 Å². The number of hydrogen-bond acceptors (Lipinski definition) is 8. The molecule has 0 atom stereocenters. The first-order valence-electron chi connectivity index (χ1n) is 12.6. The number of phenols is 1. The Labute approximate surface area is 232 Å². The zero-order valence-electron chi connectivity index (χ0n) is 21.8. The third-order valence-electron chi connectivity index (χ3n) is 6.76. The lowest BCUT2D eigenvalue weighted by atomic mass is 9.97. The number of nitrogen functional groups attached to an aromatic ring is 1. The predicted molar refractivity (Wildman–Crippen MR) is 145 cm³/mol. The van der Waals surface area contributed by atoms with Gasteiger partial charge in [0.05, 0.1) is 5.92 Å². The molecule has 0 unspecified atom stereocenters. The maximum atomic E-state index is 15.9. The first-order chi connectivity index (χ1) is 19.6. The first kappa shape index (κ1) is 27.4. The molecule has 13 heteroatoms. The Balaban J connectivity index is 1.56. The second kappa shape index (κ2) is 11.1. The second-order valence-electron chi connectivity index (χ2n) is 9.49. The van der Waals surface area contributed by atoms with Gasteiger partial charge < -0.3 is 34.9 Å². The molecule has 2 aromatic carbocycles. The van der Waals surface area contributed by atoms with Crippen molar-refractivity contribution in [1.29, 1.82) is 5.41 Å². The van der Waals surface area contributed by atoms with Gasteiger partial charge in [0.25, 0.3) is 11.8 Å². The second-order valence-corrected chi connectivity index (χ2v) is 9.49. The summed E-state index contributed by atoms with van der Waals surface area (Å²) in [6.45, 7) is 0.126. The van der Waals surface area contributed by atoms with E-state index in [4.69, 9.17) is 20.6 Å². The summed E-state index contributed by atoms with van der Waals surface area (Å²) in [5, 5.41) is 27.3. The molecule has 0 bridgehead atoms. The van der Waals surface area contributed by atoms with Crippen LogP contribution in [0.3, 0.4) is 0 Å². The largest absolute Gasteiger partial charge is 0.504 e. The average Bonchev–Trinajstić information content (AvgIpc) is 3.38. The number of nitrogens with zero attached hydrogens (tertiary/aromatic N) is 4. The van der Waals surface area contributed by atoms with Crippen LogP contribution in [0.25, 0.3) is 11.4 Å². The number of ether oxygens (including phenoxy) is 2. The van der Waals surface area contributed by atoms with Crippen molar-refractivity contribution in [2.75, 3.05) is 18.0 Å². The maximum Gasteiger partial charge on any atom is 0.306 e. The van der Waals surface area contributed by atoms with E-state index >= 15 is 8.78 Å². The van der Waals surface area contributed by atoms with E-state index < -0.39 is 46.7 Å². The van der Waals surface area contributed by atoms with Crippen LogP contribution in [0.1, 0.15) is 18.4 Å². The fraction of sp³-hybridized carbons (Fsp3) is 0.214. The SMILES string of the molecule is Cn1ccnc1-c1cccc(Oc2nc(Oc3cc(C(=N)N)ccc3O)c(F)c(N3CCC(C(=O)O)CC3)c2F)c1. The third-order valence-corrected chi connectivity index (χ3v) is 6.76. The molecular formula is C28H26F2N6O5. The standard InChI is InChI=1S/C28H26F2N6O5/c1-35-12-9-33-25(35)17-3-2-4-18(13-17)40-26-21(29)23(36-10-7-15(8-11-36)28(38)39)22(30)27(34-26)41-20-14-16(24(31)32)5-6-19(20)37/h2-6,9,12-15,37H,7-8,10-11H2,1H3,(H3,31,32)(H,38,39). The number of aromatic hydroxyl groups is 1. The number of nitrogens with two attached hydrogens (primary N) is 1. The van der Waals surface area contributed by atoms with Crippen molar-refractivity contribution >= 4 is 17.5 Å². The number of amidine groups is 1. The van der Waals surface area contributed by atoms with Gasteiger partial charge in [-0.3, -0.25) is 10.2 Å². The molecule has 2 aromatic heterocycles. The van der Waals surface area contributed by atoms with Crippen LogP contribution in [0.5, 0.6) is 29.0 Å². The smallest absolute Gasteiger partial charge is 0.306 e. The summed E-state index contributed by atoms with van der Waals surface area (Å²) in [6, 6.07) is 10.5. The Kier molecular flexibility index (Phi) is 7.42. The van der Waals surface area contributed by atoms with Gasteiger partial charge in [0.1, 0.15) is 23.1 Å². The summed E-state index contributed by atoms with van der Waals surface area (Å²) >= 11 is 0. The number of pyridine rings is 1. The van der Waals surface area contributed by atoms with E-state index in [0.717, 1.165) is 0 Å². The normalized spacial score (nSPS) is 13.7. The topological polar surface area (TPSA) is 160 Å². The zero-order chi connectivity index (χ0) is 29.3. The number of imidazole rings is 1. The van der Waals surface area contributed by atoms with Crippen LogP contribution in [0.15, 0.2) is 54.9 Å². The van der Waals surface area contributed by atoms with Crippen LogP contribution in [0.2, 0.25) is 0 Å². The Bertz CT molecular complexity index is 1630. The molecule has 41 heavy (non-hydrogen) atoms. The highest BCUT2D eigenvalue weighted by molar-refractivity contribution is 5.95. The number of carboxylic acid groups (broad SMARTS) is 1. The number of piperidine rings is 1. The molecule has 4 aromatic rings. The molecule has 1 saturated heterocycles. The zero-order valence-corrected chi connectivity index (χ0v) is 21.8. The molecule has 5 rings (SSSR count). The minimum atomic E-state index is -1.17. The van der Waals surface area contributed by atoms with Gasteiger partial charge in [-0.1, -0.05) is 12.1 Å². The van der Waals surface area contributed by atoms with Gasteiger partial charge in [-0.15, -0.1) is 0 Å². The molecule has 212 valence electrons. The predicted octanol–water partition coefficient (Wildman–Crippen LogP) is 4.64. The Hall–Kier alpha value is -5.20.